The van der Waals surface area contributed by atoms with Crippen molar-refractivity contribution in [2.45, 2.75) is 19.3 Å². The summed E-state index contributed by atoms with van der Waals surface area (Å²) < 4.78 is 26.5. The number of aryl methyl sites for hydroxylation is 2. The molecule has 2 N–H and O–H groups in total. The molecule has 4 rings (SSSR count). The van der Waals surface area contributed by atoms with E-state index in [1.807, 2.05) is 24.3 Å². The van der Waals surface area contributed by atoms with Crippen molar-refractivity contribution < 1.29 is 18.4 Å². The second kappa shape index (κ2) is 7.38. The molecule has 0 radical (unpaired) electrons. The highest BCUT2D eigenvalue weighted by molar-refractivity contribution is 6.05. The van der Waals surface area contributed by atoms with Crippen LogP contribution in [0.25, 0.3) is 10.8 Å². The van der Waals surface area contributed by atoms with E-state index >= 15 is 0 Å². The molecule has 0 saturated heterocycles. The Morgan fingerprint density at radius 2 is 1.75 bits per heavy atom. The summed E-state index contributed by atoms with van der Waals surface area (Å²) in [6.07, 6.45) is 2.06. The van der Waals surface area contributed by atoms with Crippen molar-refractivity contribution >= 4 is 28.3 Å². The van der Waals surface area contributed by atoms with Crippen molar-refractivity contribution in [1.29, 1.82) is 0 Å². The van der Waals surface area contributed by atoms with Gasteiger partial charge in [0.05, 0.1) is 5.56 Å². The molecule has 0 aromatic heterocycles. The number of hydrogen-bond donors (Lipinski definition) is 2. The summed E-state index contributed by atoms with van der Waals surface area (Å²) in [5, 5.41) is 7.59. The van der Waals surface area contributed by atoms with Crippen LogP contribution in [0.2, 0.25) is 0 Å². The zero-order valence-corrected chi connectivity index (χ0v) is 15.0. The minimum Gasteiger partial charge on any atom is -0.351 e. The van der Waals surface area contributed by atoms with E-state index in [9.17, 15) is 18.4 Å². The number of nitrogens with one attached hydrogen (secondary N) is 2. The maximum Gasteiger partial charge on any atom is 0.254 e. The van der Waals surface area contributed by atoms with E-state index in [1.54, 1.807) is 0 Å². The van der Waals surface area contributed by atoms with E-state index in [-0.39, 0.29) is 24.4 Å². The number of halogens is 2. The van der Waals surface area contributed by atoms with Crippen LogP contribution in [-0.4, -0.2) is 18.4 Å². The fraction of sp³-hybridized carbons (Fsp3) is 0.182. The molecule has 0 fully saturated rings. The van der Waals surface area contributed by atoms with Gasteiger partial charge in [-0.2, -0.15) is 0 Å². The number of rotatable bonds is 5. The van der Waals surface area contributed by atoms with Crippen LogP contribution in [0.5, 0.6) is 0 Å². The third-order valence-electron chi connectivity index (χ3n) is 4.96. The lowest BCUT2D eigenvalue weighted by Crippen LogP contribution is -2.28. The highest BCUT2D eigenvalue weighted by atomic mass is 19.1. The molecule has 0 spiro atoms. The number of carbonyl (C=O) groups excluding carboxylic acids is 2. The molecule has 3 aromatic rings. The van der Waals surface area contributed by atoms with Gasteiger partial charge in [0.1, 0.15) is 11.6 Å². The summed E-state index contributed by atoms with van der Waals surface area (Å²) >= 11 is 0. The lowest BCUT2D eigenvalue weighted by atomic mass is 10.0. The number of carbonyl (C=O) groups is 2. The van der Waals surface area contributed by atoms with Gasteiger partial charge in [-0.15, -0.1) is 0 Å². The standard InChI is InChI=1S/C22H18F2N2O2/c23-15-7-8-16(18(24)12-15)22(28)25-11-10-20(27)26-19-9-6-14-5-4-13-2-1-3-17(19)21(13)14/h1-3,6-9,12H,4-5,10-11H2,(H,25,28)(H,26,27). The van der Waals surface area contributed by atoms with Crippen LogP contribution in [0.15, 0.2) is 48.5 Å². The van der Waals surface area contributed by atoms with Crippen molar-refractivity contribution in [3.8, 4) is 0 Å². The van der Waals surface area contributed by atoms with Crippen LogP contribution in [0.1, 0.15) is 27.9 Å². The van der Waals surface area contributed by atoms with Gasteiger partial charge in [-0.1, -0.05) is 24.3 Å². The van der Waals surface area contributed by atoms with E-state index in [0.29, 0.717) is 6.07 Å². The molecule has 3 aromatic carbocycles. The minimum atomic E-state index is -0.935. The predicted molar refractivity (Wildman–Crippen MR) is 103 cm³/mol. The molecule has 6 heteroatoms. The van der Waals surface area contributed by atoms with Crippen molar-refractivity contribution in [2.24, 2.45) is 0 Å². The molecule has 0 aliphatic heterocycles. The molecule has 1 aliphatic rings. The number of amides is 2. The zero-order chi connectivity index (χ0) is 19.7. The fourth-order valence-corrected chi connectivity index (χ4v) is 3.63. The van der Waals surface area contributed by atoms with Gasteiger partial charge in [-0.05, 0) is 47.6 Å². The summed E-state index contributed by atoms with van der Waals surface area (Å²) in [6, 6.07) is 12.8. The second-order valence-electron chi connectivity index (χ2n) is 6.79. The van der Waals surface area contributed by atoms with Crippen LogP contribution in [0.4, 0.5) is 14.5 Å². The van der Waals surface area contributed by atoms with E-state index < -0.39 is 17.5 Å². The van der Waals surface area contributed by atoms with Crippen molar-refractivity contribution in [2.75, 3.05) is 11.9 Å². The highest BCUT2D eigenvalue weighted by Gasteiger charge is 2.17. The average molecular weight is 380 g/mol. The average Bonchev–Trinajstić information content (AvgIpc) is 3.08. The Hall–Kier alpha value is -3.28. The monoisotopic (exact) mass is 380 g/mol. The molecule has 0 atom stereocenters. The highest BCUT2D eigenvalue weighted by Crippen LogP contribution is 2.34. The van der Waals surface area contributed by atoms with Gasteiger partial charge in [0.2, 0.25) is 5.91 Å². The summed E-state index contributed by atoms with van der Waals surface area (Å²) in [7, 11) is 0. The normalized spacial score (nSPS) is 12.2. The minimum absolute atomic E-state index is 0.0392. The summed E-state index contributed by atoms with van der Waals surface area (Å²) in [5.74, 6) is -2.62. The molecule has 142 valence electrons. The molecule has 0 unspecified atom stereocenters. The number of benzene rings is 3. The first-order chi connectivity index (χ1) is 13.5. The van der Waals surface area contributed by atoms with Crippen LogP contribution in [0.3, 0.4) is 0 Å². The quantitative estimate of drug-likeness (QED) is 0.704. The van der Waals surface area contributed by atoms with Gasteiger partial charge in [-0.25, -0.2) is 8.78 Å². The SMILES string of the molecule is O=C(CCNC(=O)c1ccc(F)cc1F)Nc1ccc2c3c(cccc13)CC2. The maximum absolute atomic E-state index is 13.6. The molecular formula is C22H18F2N2O2. The number of hydrogen-bond acceptors (Lipinski definition) is 2. The Kier molecular flexibility index (Phi) is 4.77. The first kappa shape index (κ1) is 18.1. The summed E-state index contributed by atoms with van der Waals surface area (Å²) in [5.41, 5.74) is 3.06. The molecule has 28 heavy (non-hydrogen) atoms. The van der Waals surface area contributed by atoms with Gasteiger partial charge in [0.25, 0.3) is 5.91 Å². The second-order valence-corrected chi connectivity index (χ2v) is 6.79. The molecule has 4 nitrogen and oxygen atoms in total. The lowest BCUT2D eigenvalue weighted by Gasteiger charge is -2.11. The zero-order valence-electron chi connectivity index (χ0n) is 15.0. The van der Waals surface area contributed by atoms with Gasteiger partial charge in [-0.3, -0.25) is 9.59 Å². The van der Waals surface area contributed by atoms with E-state index in [4.69, 9.17) is 0 Å². The summed E-state index contributed by atoms with van der Waals surface area (Å²) in [4.78, 5) is 24.3. The number of anilines is 1. The Balaban J connectivity index is 1.38. The van der Waals surface area contributed by atoms with E-state index in [0.717, 1.165) is 36.0 Å². The fourth-order valence-electron chi connectivity index (χ4n) is 3.63. The van der Waals surface area contributed by atoms with Crippen molar-refractivity contribution in [1.82, 2.24) is 5.32 Å². The smallest absolute Gasteiger partial charge is 0.254 e. The van der Waals surface area contributed by atoms with Crippen LogP contribution in [0, 0.1) is 11.6 Å². The van der Waals surface area contributed by atoms with Gasteiger partial charge in [0.15, 0.2) is 0 Å². The molecule has 2 amide bonds. The lowest BCUT2D eigenvalue weighted by molar-refractivity contribution is -0.116. The maximum atomic E-state index is 13.6. The Labute approximate surface area is 160 Å². The first-order valence-corrected chi connectivity index (χ1v) is 9.09. The molecular weight excluding hydrogens is 362 g/mol. The molecule has 0 heterocycles. The van der Waals surface area contributed by atoms with Crippen LogP contribution in [-0.2, 0) is 17.6 Å². The molecule has 0 bridgehead atoms. The Morgan fingerprint density at radius 1 is 0.964 bits per heavy atom. The molecule has 0 saturated carbocycles. The Bertz CT molecular complexity index is 1090. The molecule has 1 aliphatic carbocycles. The predicted octanol–water partition coefficient (Wildman–Crippen LogP) is 3.98. The van der Waals surface area contributed by atoms with Crippen LogP contribution >= 0.6 is 0 Å². The Morgan fingerprint density at radius 3 is 2.54 bits per heavy atom. The first-order valence-electron chi connectivity index (χ1n) is 9.09. The van der Waals surface area contributed by atoms with Crippen molar-refractivity contribution in [3.05, 3.63) is 76.9 Å². The third-order valence-corrected chi connectivity index (χ3v) is 4.96. The van der Waals surface area contributed by atoms with Crippen molar-refractivity contribution in [3.63, 3.8) is 0 Å². The largest absolute Gasteiger partial charge is 0.351 e. The topological polar surface area (TPSA) is 58.2 Å². The summed E-state index contributed by atoms with van der Waals surface area (Å²) in [6.45, 7) is 0.0444. The van der Waals surface area contributed by atoms with E-state index in [1.165, 1.54) is 16.5 Å². The van der Waals surface area contributed by atoms with Gasteiger partial charge >= 0.3 is 0 Å². The van der Waals surface area contributed by atoms with Gasteiger partial charge in [0, 0.05) is 30.1 Å². The van der Waals surface area contributed by atoms with E-state index in [2.05, 4.69) is 16.7 Å². The van der Waals surface area contributed by atoms with Crippen LogP contribution < -0.4 is 10.6 Å². The third kappa shape index (κ3) is 3.45. The van der Waals surface area contributed by atoms with Gasteiger partial charge < -0.3 is 10.6 Å².